The molecule has 0 aliphatic rings. The van der Waals surface area contributed by atoms with E-state index in [9.17, 15) is 9.18 Å². The molecule has 3 aromatic rings. The van der Waals surface area contributed by atoms with Crippen LogP contribution >= 0.6 is 23.1 Å². The summed E-state index contributed by atoms with van der Waals surface area (Å²) in [6, 6.07) is 14.1. The van der Waals surface area contributed by atoms with Crippen molar-refractivity contribution in [3.63, 3.8) is 0 Å². The minimum Gasteiger partial charge on any atom is -0.483 e. The van der Waals surface area contributed by atoms with Gasteiger partial charge in [-0.1, -0.05) is 59.5 Å². The minimum atomic E-state index is -0.310. The van der Waals surface area contributed by atoms with Gasteiger partial charge in [-0.2, -0.15) is 0 Å². The molecule has 0 aliphatic carbocycles. The van der Waals surface area contributed by atoms with Crippen molar-refractivity contribution in [2.24, 2.45) is 0 Å². The molecule has 0 saturated carbocycles. The lowest BCUT2D eigenvalue weighted by atomic mass is 10.2. The zero-order valence-electron chi connectivity index (χ0n) is 13.9. The predicted octanol–water partition coefficient (Wildman–Crippen LogP) is 4.30. The molecule has 8 heteroatoms. The van der Waals surface area contributed by atoms with Gasteiger partial charge in [-0.05, 0) is 30.2 Å². The number of anilines is 1. The van der Waals surface area contributed by atoms with E-state index >= 15 is 0 Å². The number of rotatable bonds is 7. The summed E-state index contributed by atoms with van der Waals surface area (Å²) in [6.45, 7) is 1.80. The molecule has 0 spiro atoms. The maximum atomic E-state index is 13.6. The van der Waals surface area contributed by atoms with Crippen LogP contribution in [0.2, 0.25) is 0 Å². The van der Waals surface area contributed by atoms with Gasteiger partial charge in [0.05, 0.1) is 0 Å². The Morgan fingerprint density at radius 3 is 2.77 bits per heavy atom. The zero-order valence-corrected chi connectivity index (χ0v) is 15.6. The van der Waals surface area contributed by atoms with Crippen molar-refractivity contribution in [2.75, 3.05) is 11.9 Å². The van der Waals surface area contributed by atoms with E-state index in [1.807, 2.05) is 31.2 Å². The van der Waals surface area contributed by atoms with E-state index in [1.165, 1.54) is 29.2 Å². The van der Waals surface area contributed by atoms with Gasteiger partial charge in [0.25, 0.3) is 5.91 Å². The summed E-state index contributed by atoms with van der Waals surface area (Å²) in [5, 5.41) is 11.0. The van der Waals surface area contributed by atoms with Crippen LogP contribution in [-0.2, 0) is 10.5 Å². The molecule has 0 aliphatic heterocycles. The second kappa shape index (κ2) is 8.77. The Balaban J connectivity index is 1.49. The summed E-state index contributed by atoms with van der Waals surface area (Å²) >= 11 is 2.61. The summed E-state index contributed by atoms with van der Waals surface area (Å²) in [7, 11) is 0. The van der Waals surface area contributed by atoms with Gasteiger partial charge >= 0.3 is 0 Å². The molecule has 0 atom stereocenters. The molecule has 0 fully saturated rings. The van der Waals surface area contributed by atoms with Crippen molar-refractivity contribution in [2.45, 2.75) is 17.0 Å². The molecule has 1 N–H and O–H groups in total. The molecule has 1 heterocycles. The Labute approximate surface area is 158 Å². The van der Waals surface area contributed by atoms with Crippen molar-refractivity contribution >= 4 is 34.1 Å². The van der Waals surface area contributed by atoms with Crippen LogP contribution in [0, 0.1) is 12.7 Å². The zero-order chi connectivity index (χ0) is 18.4. The number of halogens is 1. The lowest BCUT2D eigenvalue weighted by Gasteiger charge is -2.07. The largest absolute Gasteiger partial charge is 0.483 e. The molecule has 1 aromatic heterocycles. The van der Waals surface area contributed by atoms with Crippen LogP contribution in [0.3, 0.4) is 0 Å². The quantitative estimate of drug-likeness (QED) is 0.482. The monoisotopic (exact) mass is 389 g/mol. The first-order chi connectivity index (χ1) is 12.6. The van der Waals surface area contributed by atoms with Gasteiger partial charge in [-0.25, -0.2) is 4.39 Å². The number of para-hydroxylation sites is 1. The van der Waals surface area contributed by atoms with E-state index in [0.717, 1.165) is 5.56 Å². The van der Waals surface area contributed by atoms with Gasteiger partial charge in [-0.15, -0.1) is 10.2 Å². The summed E-state index contributed by atoms with van der Waals surface area (Å²) in [6.07, 6.45) is 0. The van der Waals surface area contributed by atoms with Crippen LogP contribution in [0.15, 0.2) is 52.9 Å². The highest BCUT2D eigenvalue weighted by Gasteiger charge is 2.11. The second-order valence-corrected chi connectivity index (χ2v) is 7.56. The van der Waals surface area contributed by atoms with Crippen molar-refractivity contribution in [1.82, 2.24) is 10.2 Å². The van der Waals surface area contributed by atoms with E-state index in [1.54, 1.807) is 18.2 Å². The Hall–Kier alpha value is -2.45. The molecular weight excluding hydrogens is 373 g/mol. The average molecular weight is 389 g/mol. The lowest BCUT2D eigenvalue weighted by molar-refractivity contribution is -0.118. The van der Waals surface area contributed by atoms with Gasteiger partial charge in [-0.3, -0.25) is 10.1 Å². The first-order valence-corrected chi connectivity index (χ1v) is 9.60. The highest BCUT2D eigenvalue weighted by atomic mass is 32.2. The molecule has 0 bridgehead atoms. The van der Waals surface area contributed by atoms with Gasteiger partial charge in [0, 0.05) is 5.75 Å². The molecular formula is C18H16FN3O2S2. The summed E-state index contributed by atoms with van der Waals surface area (Å²) in [5.74, 6) is 0.563. The molecule has 0 saturated heterocycles. The third-order valence-electron chi connectivity index (χ3n) is 3.41. The first kappa shape index (κ1) is 18.3. The number of benzene rings is 2. The Kier molecular flexibility index (Phi) is 6.19. The molecule has 1 amide bonds. The Morgan fingerprint density at radius 1 is 1.19 bits per heavy atom. The standard InChI is InChI=1S/C18H16FN3O2S2/c1-12-6-2-5-9-15(12)24-10-16(23)20-17-21-22-18(26-17)25-11-13-7-3-4-8-14(13)19/h2-9H,10-11H2,1H3,(H,20,21,23). The van der Waals surface area contributed by atoms with Crippen molar-refractivity contribution < 1.29 is 13.9 Å². The van der Waals surface area contributed by atoms with E-state index in [-0.39, 0.29) is 18.3 Å². The van der Waals surface area contributed by atoms with Crippen LogP contribution in [0.5, 0.6) is 5.75 Å². The minimum absolute atomic E-state index is 0.109. The summed E-state index contributed by atoms with van der Waals surface area (Å²) < 4.78 is 19.8. The predicted molar refractivity (Wildman–Crippen MR) is 101 cm³/mol. The first-order valence-electron chi connectivity index (χ1n) is 7.80. The second-order valence-electron chi connectivity index (χ2n) is 5.36. The number of ether oxygens (including phenoxy) is 1. The molecule has 5 nitrogen and oxygen atoms in total. The molecule has 0 unspecified atom stereocenters. The smallest absolute Gasteiger partial charge is 0.264 e. The van der Waals surface area contributed by atoms with Gasteiger partial charge < -0.3 is 4.74 Å². The number of nitrogens with one attached hydrogen (secondary N) is 1. The highest BCUT2D eigenvalue weighted by Crippen LogP contribution is 2.29. The van der Waals surface area contributed by atoms with Crippen molar-refractivity contribution in [1.29, 1.82) is 0 Å². The fraction of sp³-hybridized carbons (Fsp3) is 0.167. The number of amides is 1. The Morgan fingerprint density at radius 2 is 1.96 bits per heavy atom. The van der Waals surface area contributed by atoms with Crippen LogP contribution in [0.1, 0.15) is 11.1 Å². The third kappa shape index (κ3) is 5.03. The topological polar surface area (TPSA) is 64.1 Å². The lowest BCUT2D eigenvalue weighted by Crippen LogP contribution is -2.20. The number of hydrogen-bond donors (Lipinski definition) is 1. The van der Waals surface area contributed by atoms with E-state index in [2.05, 4.69) is 15.5 Å². The van der Waals surface area contributed by atoms with E-state index in [0.29, 0.717) is 26.5 Å². The van der Waals surface area contributed by atoms with Crippen molar-refractivity contribution in [3.8, 4) is 5.75 Å². The van der Waals surface area contributed by atoms with Gasteiger partial charge in [0.2, 0.25) is 5.13 Å². The number of aryl methyl sites for hydroxylation is 1. The molecule has 2 aromatic carbocycles. The van der Waals surface area contributed by atoms with E-state index in [4.69, 9.17) is 4.74 Å². The van der Waals surface area contributed by atoms with Crippen LogP contribution < -0.4 is 10.1 Å². The molecule has 0 radical (unpaired) electrons. The number of carbonyl (C=O) groups is 1. The molecule has 26 heavy (non-hydrogen) atoms. The van der Waals surface area contributed by atoms with Crippen LogP contribution in [-0.4, -0.2) is 22.7 Å². The summed E-state index contributed by atoms with van der Waals surface area (Å²) in [5.41, 5.74) is 1.56. The summed E-state index contributed by atoms with van der Waals surface area (Å²) in [4.78, 5) is 12.0. The van der Waals surface area contributed by atoms with Gasteiger partial charge in [0.1, 0.15) is 11.6 Å². The van der Waals surface area contributed by atoms with Gasteiger partial charge in [0.15, 0.2) is 10.9 Å². The molecule has 3 rings (SSSR count). The maximum Gasteiger partial charge on any atom is 0.264 e. The maximum absolute atomic E-state index is 13.6. The number of thioether (sulfide) groups is 1. The fourth-order valence-electron chi connectivity index (χ4n) is 2.09. The van der Waals surface area contributed by atoms with Crippen molar-refractivity contribution in [3.05, 3.63) is 65.5 Å². The third-order valence-corrected chi connectivity index (χ3v) is 5.43. The number of nitrogens with zero attached hydrogens (tertiary/aromatic N) is 2. The Bertz CT molecular complexity index is 901. The number of carbonyl (C=O) groups excluding carboxylic acids is 1. The highest BCUT2D eigenvalue weighted by molar-refractivity contribution is 8.00. The normalized spacial score (nSPS) is 10.5. The number of aromatic nitrogens is 2. The SMILES string of the molecule is Cc1ccccc1OCC(=O)Nc1nnc(SCc2ccccc2F)s1. The fourth-order valence-corrected chi connectivity index (χ4v) is 3.85. The van der Waals surface area contributed by atoms with E-state index < -0.39 is 0 Å². The number of hydrogen-bond acceptors (Lipinski definition) is 6. The van der Waals surface area contributed by atoms with Crippen LogP contribution in [0.4, 0.5) is 9.52 Å². The average Bonchev–Trinajstić information content (AvgIpc) is 3.08. The molecule has 134 valence electrons. The van der Waals surface area contributed by atoms with Crippen LogP contribution in [0.25, 0.3) is 0 Å².